The van der Waals surface area contributed by atoms with Crippen LogP contribution in [0.3, 0.4) is 0 Å². The summed E-state index contributed by atoms with van der Waals surface area (Å²) in [7, 11) is 0. The number of carbonyl (C=O) groups is 2. The van der Waals surface area contributed by atoms with Crippen molar-refractivity contribution in [1.82, 2.24) is 5.32 Å². The van der Waals surface area contributed by atoms with Crippen LogP contribution >= 0.6 is 0 Å². The lowest BCUT2D eigenvalue weighted by atomic mass is 10.1. The van der Waals surface area contributed by atoms with Crippen LogP contribution in [0.1, 0.15) is 46.0 Å². The first-order chi connectivity index (χ1) is 8.54. The number of carbonyl (C=O) groups excluding carboxylic acids is 1. The number of aliphatic carboxylic acids is 1. The lowest BCUT2D eigenvalue weighted by Gasteiger charge is -2.20. The van der Waals surface area contributed by atoms with Crippen molar-refractivity contribution in [3.8, 4) is 0 Å². The molecule has 0 bridgehead atoms. The van der Waals surface area contributed by atoms with Gasteiger partial charge in [-0.05, 0) is 19.3 Å². The fourth-order valence-electron chi connectivity index (χ4n) is 2.05. The summed E-state index contributed by atoms with van der Waals surface area (Å²) in [5, 5.41) is 11.4. The van der Waals surface area contributed by atoms with Gasteiger partial charge in [0.2, 0.25) is 5.91 Å². The van der Waals surface area contributed by atoms with Gasteiger partial charge in [-0.15, -0.1) is 0 Å². The summed E-state index contributed by atoms with van der Waals surface area (Å²) < 4.78 is 5.76. The standard InChI is InChI=1S/C13H23NO4/c1-3-11(18-10-6-4-5-7-10)12(15)14-8-9(2)13(16)17/h9-11H,3-8H2,1-2H3,(H,14,15)(H,16,17). The summed E-state index contributed by atoms with van der Waals surface area (Å²) >= 11 is 0. The molecule has 0 spiro atoms. The molecule has 1 rings (SSSR count). The molecule has 0 aliphatic heterocycles. The topological polar surface area (TPSA) is 75.6 Å². The van der Waals surface area contributed by atoms with E-state index in [0.29, 0.717) is 6.42 Å². The maximum absolute atomic E-state index is 11.9. The quantitative estimate of drug-likeness (QED) is 0.725. The van der Waals surface area contributed by atoms with Gasteiger partial charge >= 0.3 is 5.97 Å². The summed E-state index contributed by atoms with van der Waals surface area (Å²) in [5.74, 6) is -1.67. The van der Waals surface area contributed by atoms with Gasteiger partial charge < -0.3 is 15.2 Å². The van der Waals surface area contributed by atoms with Gasteiger partial charge in [-0.2, -0.15) is 0 Å². The zero-order chi connectivity index (χ0) is 13.5. The molecule has 1 fully saturated rings. The fraction of sp³-hybridized carbons (Fsp3) is 0.846. The van der Waals surface area contributed by atoms with E-state index in [-0.39, 0.29) is 18.6 Å². The molecule has 18 heavy (non-hydrogen) atoms. The normalized spacial score (nSPS) is 19.4. The number of amides is 1. The third-order valence-electron chi connectivity index (χ3n) is 3.33. The molecule has 1 saturated carbocycles. The summed E-state index contributed by atoms with van der Waals surface area (Å²) in [5.41, 5.74) is 0. The Labute approximate surface area is 108 Å². The Bertz CT molecular complexity index is 287. The highest BCUT2D eigenvalue weighted by Gasteiger charge is 2.24. The van der Waals surface area contributed by atoms with E-state index in [2.05, 4.69) is 5.32 Å². The largest absolute Gasteiger partial charge is 0.481 e. The van der Waals surface area contributed by atoms with E-state index in [0.717, 1.165) is 12.8 Å². The molecule has 104 valence electrons. The molecule has 2 N–H and O–H groups in total. The van der Waals surface area contributed by atoms with Gasteiger partial charge in [0, 0.05) is 6.54 Å². The van der Waals surface area contributed by atoms with Crippen LogP contribution in [0.4, 0.5) is 0 Å². The third-order valence-corrected chi connectivity index (χ3v) is 3.33. The number of ether oxygens (including phenoxy) is 1. The minimum atomic E-state index is -0.903. The molecular formula is C13H23NO4. The van der Waals surface area contributed by atoms with Crippen molar-refractivity contribution in [3.05, 3.63) is 0 Å². The summed E-state index contributed by atoms with van der Waals surface area (Å²) in [6.07, 6.45) is 4.73. The second-order valence-corrected chi connectivity index (χ2v) is 4.92. The first-order valence-corrected chi connectivity index (χ1v) is 6.70. The molecule has 5 nitrogen and oxygen atoms in total. The maximum Gasteiger partial charge on any atom is 0.308 e. The predicted octanol–water partition coefficient (Wildman–Crippen LogP) is 1.56. The van der Waals surface area contributed by atoms with E-state index < -0.39 is 18.0 Å². The Hall–Kier alpha value is -1.10. The lowest BCUT2D eigenvalue weighted by molar-refractivity contribution is -0.142. The molecule has 0 aromatic carbocycles. The Balaban J connectivity index is 2.34. The number of carboxylic acids is 1. The average Bonchev–Trinajstić information content (AvgIpc) is 2.85. The van der Waals surface area contributed by atoms with Crippen LogP contribution in [0.5, 0.6) is 0 Å². The van der Waals surface area contributed by atoms with Crippen LogP contribution in [0, 0.1) is 5.92 Å². The van der Waals surface area contributed by atoms with Crippen molar-refractivity contribution in [1.29, 1.82) is 0 Å². The molecule has 1 aliphatic carbocycles. The zero-order valence-corrected chi connectivity index (χ0v) is 11.1. The van der Waals surface area contributed by atoms with E-state index in [1.807, 2.05) is 6.92 Å². The zero-order valence-electron chi connectivity index (χ0n) is 11.1. The van der Waals surface area contributed by atoms with Gasteiger partial charge in [0.05, 0.1) is 12.0 Å². The summed E-state index contributed by atoms with van der Waals surface area (Å²) in [6.45, 7) is 3.62. The first kappa shape index (κ1) is 15.0. The van der Waals surface area contributed by atoms with Crippen LogP contribution < -0.4 is 5.32 Å². The number of hydrogen-bond acceptors (Lipinski definition) is 3. The number of carboxylic acid groups (broad SMARTS) is 1. The molecule has 1 aliphatic rings. The molecular weight excluding hydrogens is 234 g/mol. The second kappa shape index (κ2) is 7.36. The third kappa shape index (κ3) is 4.64. The van der Waals surface area contributed by atoms with Gasteiger partial charge in [0.1, 0.15) is 6.10 Å². The monoisotopic (exact) mass is 257 g/mol. The first-order valence-electron chi connectivity index (χ1n) is 6.70. The Morgan fingerprint density at radius 3 is 2.50 bits per heavy atom. The maximum atomic E-state index is 11.9. The fourth-order valence-corrected chi connectivity index (χ4v) is 2.05. The molecule has 5 heteroatoms. The Kier molecular flexibility index (Phi) is 6.12. The van der Waals surface area contributed by atoms with Gasteiger partial charge in [-0.25, -0.2) is 0 Å². The van der Waals surface area contributed by atoms with Crippen LogP contribution in [0.25, 0.3) is 0 Å². The molecule has 2 atom stereocenters. The minimum absolute atomic E-state index is 0.151. The average molecular weight is 257 g/mol. The highest BCUT2D eigenvalue weighted by atomic mass is 16.5. The predicted molar refractivity (Wildman–Crippen MR) is 67.2 cm³/mol. The highest BCUT2D eigenvalue weighted by molar-refractivity contribution is 5.81. The highest BCUT2D eigenvalue weighted by Crippen LogP contribution is 2.22. The van der Waals surface area contributed by atoms with Crippen LogP contribution in [-0.2, 0) is 14.3 Å². The van der Waals surface area contributed by atoms with Gasteiger partial charge in [0.15, 0.2) is 0 Å². The number of nitrogens with one attached hydrogen (secondary N) is 1. The minimum Gasteiger partial charge on any atom is -0.481 e. The van der Waals surface area contributed by atoms with E-state index in [1.54, 1.807) is 6.92 Å². The number of hydrogen-bond donors (Lipinski definition) is 2. The van der Waals surface area contributed by atoms with Crippen molar-refractivity contribution in [2.45, 2.75) is 58.2 Å². The van der Waals surface area contributed by atoms with Crippen molar-refractivity contribution < 1.29 is 19.4 Å². The van der Waals surface area contributed by atoms with Gasteiger partial charge in [-0.3, -0.25) is 9.59 Å². The molecule has 0 aromatic rings. The molecule has 0 saturated heterocycles. The van der Waals surface area contributed by atoms with Crippen LogP contribution in [0.15, 0.2) is 0 Å². The molecule has 2 unspecified atom stereocenters. The summed E-state index contributed by atoms with van der Waals surface area (Å²) in [6, 6.07) is 0. The second-order valence-electron chi connectivity index (χ2n) is 4.92. The Morgan fingerprint density at radius 2 is 2.00 bits per heavy atom. The van der Waals surface area contributed by atoms with E-state index in [9.17, 15) is 9.59 Å². The van der Waals surface area contributed by atoms with E-state index in [1.165, 1.54) is 12.8 Å². The molecule has 0 aromatic heterocycles. The van der Waals surface area contributed by atoms with Gasteiger partial charge in [-0.1, -0.05) is 26.7 Å². The van der Waals surface area contributed by atoms with Crippen molar-refractivity contribution in [2.24, 2.45) is 5.92 Å². The molecule has 0 radical (unpaired) electrons. The molecule has 0 heterocycles. The summed E-state index contributed by atoms with van der Waals surface area (Å²) in [4.78, 5) is 22.5. The van der Waals surface area contributed by atoms with Crippen LogP contribution in [-0.4, -0.2) is 35.7 Å². The Morgan fingerprint density at radius 1 is 1.39 bits per heavy atom. The lowest BCUT2D eigenvalue weighted by Crippen LogP contribution is -2.40. The SMILES string of the molecule is CCC(OC1CCCC1)C(=O)NCC(C)C(=O)O. The van der Waals surface area contributed by atoms with Gasteiger partial charge in [0.25, 0.3) is 0 Å². The van der Waals surface area contributed by atoms with Crippen molar-refractivity contribution >= 4 is 11.9 Å². The number of rotatable bonds is 7. The smallest absolute Gasteiger partial charge is 0.308 e. The van der Waals surface area contributed by atoms with Crippen molar-refractivity contribution in [3.63, 3.8) is 0 Å². The van der Waals surface area contributed by atoms with E-state index >= 15 is 0 Å². The van der Waals surface area contributed by atoms with Crippen LogP contribution in [0.2, 0.25) is 0 Å². The van der Waals surface area contributed by atoms with E-state index in [4.69, 9.17) is 9.84 Å². The van der Waals surface area contributed by atoms with Crippen molar-refractivity contribution in [2.75, 3.05) is 6.54 Å². The molecule has 1 amide bonds.